The molecule has 1 saturated heterocycles. The molecule has 6 nitrogen and oxygen atoms in total. The van der Waals surface area contributed by atoms with Crippen LogP contribution in [0.15, 0.2) is 72.9 Å². The van der Waals surface area contributed by atoms with E-state index < -0.39 is 5.92 Å². The number of nitrogens with zero attached hydrogens (tertiary/aromatic N) is 3. The minimum absolute atomic E-state index is 0.0139. The van der Waals surface area contributed by atoms with Gasteiger partial charge in [0.2, 0.25) is 11.8 Å². The summed E-state index contributed by atoms with van der Waals surface area (Å²) in [7, 11) is 1.62. The molecule has 1 fully saturated rings. The Morgan fingerprint density at radius 2 is 1.82 bits per heavy atom. The third kappa shape index (κ3) is 5.45. The summed E-state index contributed by atoms with van der Waals surface area (Å²) in [6, 6.07) is 21.5. The zero-order valence-electron chi connectivity index (χ0n) is 20.0. The molecule has 0 N–H and O–H groups in total. The molecule has 2 heterocycles. The van der Waals surface area contributed by atoms with E-state index in [1.54, 1.807) is 23.1 Å². The van der Waals surface area contributed by atoms with Gasteiger partial charge in [-0.05, 0) is 53.4 Å². The first-order valence-electron chi connectivity index (χ1n) is 11.7. The molecule has 2 aromatic carbocycles. The number of ether oxygens (including phenoxy) is 1. The number of rotatable bonds is 8. The van der Waals surface area contributed by atoms with Gasteiger partial charge in [-0.1, -0.05) is 44.2 Å². The monoisotopic (exact) mass is 457 g/mol. The zero-order valence-corrected chi connectivity index (χ0v) is 20.0. The lowest BCUT2D eigenvalue weighted by Gasteiger charge is -2.26. The van der Waals surface area contributed by atoms with Crippen LogP contribution in [0.1, 0.15) is 43.0 Å². The molecule has 0 radical (unpaired) electrons. The van der Waals surface area contributed by atoms with Crippen LogP contribution in [0.3, 0.4) is 0 Å². The minimum Gasteiger partial charge on any atom is -0.497 e. The van der Waals surface area contributed by atoms with Gasteiger partial charge in [0.05, 0.1) is 31.8 Å². The number of carbonyl (C=O) groups excluding carboxylic acids is 2. The number of carbonyl (C=O) groups is 2. The van der Waals surface area contributed by atoms with Crippen LogP contribution in [-0.2, 0) is 22.7 Å². The summed E-state index contributed by atoms with van der Waals surface area (Å²) in [6.45, 7) is 5.58. The number of aromatic nitrogens is 1. The van der Waals surface area contributed by atoms with E-state index in [1.165, 1.54) is 5.56 Å². The molecule has 1 atom stereocenters. The maximum Gasteiger partial charge on any atom is 0.232 e. The number of amides is 2. The molecule has 4 rings (SSSR count). The summed E-state index contributed by atoms with van der Waals surface area (Å²) in [4.78, 5) is 34.3. The highest BCUT2D eigenvalue weighted by Gasteiger charge is 2.37. The SMILES string of the molecule is COc1ccc(N(Cc2ccc(C(C)C)cc2)C(=O)C2CC(=O)N(Cc3ccccn3)C2)cc1. The van der Waals surface area contributed by atoms with Gasteiger partial charge in [0.1, 0.15) is 5.75 Å². The molecule has 34 heavy (non-hydrogen) atoms. The van der Waals surface area contributed by atoms with Crippen molar-refractivity contribution >= 4 is 17.5 Å². The molecule has 0 spiro atoms. The Kier molecular flexibility index (Phi) is 7.26. The standard InChI is InChI=1S/C28H31N3O3/c1-20(2)22-9-7-21(8-10-22)17-31(25-11-13-26(34-3)14-12-25)28(33)23-16-27(32)30(18-23)19-24-6-4-5-15-29-24/h4-15,20,23H,16-19H2,1-3H3. The summed E-state index contributed by atoms with van der Waals surface area (Å²) in [6.07, 6.45) is 1.93. The lowest BCUT2D eigenvalue weighted by molar-refractivity contribution is -0.129. The Morgan fingerprint density at radius 1 is 1.09 bits per heavy atom. The maximum absolute atomic E-state index is 13.7. The van der Waals surface area contributed by atoms with E-state index in [1.807, 2.05) is 42.5 Å². The molecular weight excluding hydrogens is 426 g/mol. The average Bonchev–Trinajstić information content (AvgIpc) is 3.23. The van der Waals surface area contributed by atoms with Crippen LogP contribution >= 0.6 is 0 Å². The fourth-order valence-corrected chi connectivity index (χ4v) is 4.25. The minimum atomic E-state index is -0.395. The largest absolute Gasteiger partial charge is 0.497 e. The number of pyridine rings is 1. The lowest BCUT2D eigenvalue weighted by Crippen LogP contribution is -2.37. The predicted molar refractivity (Wildman–Crippen MR) is 132 cm³/mol. The number of hydrogen-bond donors (Lipinski definition) is 0. The number of benzene rings is 2. The Balaban J connectivity index is 1.55. The second-order valence-electron chi connectivity index (χ2n) is 9.02. The van der Waals surface area contributed by atoms with Gasteiger partial charge in [0.15, 0.2) is 0 Å². The second kappa shape index (κ2) is 10.5. The summed E-state index contributed by atoms with van der Waals surface area (Å²) < 4.78 is 5.29. The van der Waals surface area contributed by atoms with E-state index in [0.717, 1.165) is 22.7 Å². The van der Waals surface area contributed by atoms with Crippen LogP contribution in [-0.4, -0.2) is 35.4 Å². The van der Waals surface area contributed by atoms with E-state index in [2.05, 4.69) is 43.1 Å². The fourth-order valence-electron chi connectivity index (χ4n) is 4.25. The second-order valence-corrected chi connectivity index (χ2v) is 9.02. The molecule has 1 unspecified atom stereocenters. The van der Waals surface area contributed by atoms with E-state index in [9.17, 15) is 9.59 Å². The van der Waals surface area contributed by atoms with Gasteiger partial charge in [-0.3, -0.25) is 14.6 Å². The van der Waals surface area contributed by atoms with Gasteiger partial charge in [-0.15, -0.1) is 0 Å². The fraction of sp³-hybridized carbons (Fsp3) is 0.321. The van der Waals surface area contributed by atoms with Gasteiger partial charge in [0.25, 0.3) is 0 Å². The van der Waals surface area contributed by atoms with Gasteiger partial charge < -0.3 is 14.5 Å². The van der Waals surface area contributed by atoms with Crippen molar-refractivity contribution in [2.24, 2.45) is 5.92 Å². The Bertz CT molecular complexity index is 1110. The summed E-state index contributed by atoms with van der Waals surface area (Å²) in [5, 5.41) is 0. The molecule has 0 saturated carbocycles. The normalized spacial score (nSPS) is 15.6. The number of hydrogen-bond acceptors (Lipinski definition) is 4. The first-order valence-corrected chi connectivity index (χ1v) is 11.7. The predicted octanol–water partition coefficient (Wildman–Crippen LogP) is 4.80. The van der Waals surface area contributed by atoms with Crippen LogP contribution in [0.5, 0.6) is 5.75 Å². The van der Waals surface area contributed by atoms with Crippen LogP contribution in [0, 0.1) is 5.92 Å². The smallest absolute Gasteiger partial charge is 0.232 e. The van der Waals surface area contributed by atoms with Crippen molar-refractivity contribution in [1.82, 2.24) is 9.88 Å². The Morgan fingerprint density at radius 3 is 2.44 bits per heavy atom. The highest BCUT2D eigenvalue weighted by molar-refractivity contribution is 5.99. The molecule has 1 aromatic heterocycles. The first kappa shape index (κ1) is 23.5. The maximum atomic E-state index is 13.7. The molecule has 2 amide bonds. The quantitative estimate of drug-likeness (QED) is 0.488. The van der Waals surface area contributed by atoms with E-state index in [-0.39, 0.29) is 18.2 Å². The molecule has 0 aliphatic carbocycles. The number of methoxy groups -OCH3 is 1. The molecule has 0 bridgehead atoms. The summed E-state index contributed by atoms with van der Waals surface area (Å²) >= 11 is 0. The van der Waals surface area contributed by atoms with Crippen molar-refractivity contribution in [3.8, 4) is 5.75 Å². The van der Waals surface area contributed by atoms with Gasteiger partial charge in [0, 0.05) is 24.8 Å². The number of likely N-dealkylation sites (tertiary alicyclic amines) is 1. The van der Waals surface area contributed by atoms with Gasteiger partial charge in [-0.25, -0.2) is 0 Å². The highest BCUT2D eigenvalue weighted by Crippen LogP contribution is 2.28. The third-order valence-corrected chi connectivity index (χ3v) is 6.28. The molecule has 1 aliphatic heterocycles. The first-order chi connectivity index (χ1) is 16.4. The average molecular weight is 458 g/mol. The van der Waals surface area contributed by atoms with Gasteiger partial charge in [-0.2, -0.15) is 0 Å². The molecular formula is C28H31N3O3. The summed E-state index contributed by atoms with van der Waals surface area (Å²) in [5.74, 6) is 0.723. The Labute approximate surface area is 201 Å². The van der Waals surface area contributed by atoms with E-state index >= 15 is 0 Å². The summed E-state index contributed by atoms with van der Waals surface area (Å²) in [5.41, 5.74) is 3.91. The molecule has 6 heteroatoms. The topological polar surface area (TPSA) is 62.7 Å². The Hall–Kier alpha value is -3.67. The van der Waals surface area contributed by atoms with Crippen molar-refractivity contribution in [1.29, 1.82) is 0 Å². The van der Waals surface area contributed by atoms with Crippen LogP contribution in [0.25, 0.3) is 0 Å². The van der Waals surface area contributed by atoms with E-state index in [0.29, 0.717) is 25.6 Å². The van der Waals surface area contributed by atoms with Crippen molar-refractivity contribution in [3.05, 3.63) is 89.7 Å². The molecule has 3 aromatic rings. The number of anilines is 1. The van der Waals surface area contributed by atoms with Crippen LogP contribution in [0.2, 0.25) is 0 Å². The van der Waals surface area contributed by atoms with Crippen molar-refractivity contribution in [2.75, 3.05) is 18.6 Å². The zero-order chi connectivity index (χ0) is 24.1. The molecule has 1 aliphatic rings. The van der Waals surface area contributed by atoms with Gasteiger partial charge >= 0.3 is 0 Å². The highest BCUT2D eigenvalue weighted by atomic mass is 16.5. The third-order valence-electron chi connectivity index (χ3n) is 6.28. The van der Waals surface area contributed by atoms with E-state index in [4.69, 9.17) is 4.74 Å². The van der Waals surface area contributed by atoms with Crippen molar-refractivity contribution in [3.63, 3.8) is 0 Å². The van der Waals surface area contributed by atoms with Crippen LogP contribution < -0.4 is 9.64 Å². The molecule has 176 valence electrons. The van der Waals surface area contributed by atoms with Crippen molar-refractivity contribution in [2.45, 2.75) is 39.3 Å². The lowest BCUT2D eigenvalue weighted by atomic mass is 10.0. The van der Waals surface area contributed by atoms with Crippen molar-refractivity contribution < 1.29 is 14.3 Å². The van der Waals surface area contributed by atoms with Crippen LogP contribution in [0.4, 0.5) is 5.69 Å².